The Morgan fingerprint density at radius 1 is 0.509 bits per heavy atom. The largest absolute Gasteiger partial charge is 0.310 e. The summed E-state index contributed by atoms with van der Waals surface area (Å²) in [6.07, 6.45) is 12.1. The van der Waals surface area contributed by atoms with Crippen LogP contribution in [0.3, 0.4) is 0 Å². The van der Waals surface area contributed by atoms with E-state index >= 15 is 0 Å². The maximum atomic E-state index is 2.68. The van der Waals surface area contributed by atoms with Crippen molar-refractivity contribution < 1.29 is 0 Å². The van der Waals surface area contributed by atoms with Crippen LogP contribution < -0.4 is 4.90 Å². The van der Waals surface area contributed by atoms with E-state index in [4.69, 9.17) is 0 Å². The number of anilines is 3. The molecule has 3 atom stereocenters. The van der Waals surface area contributed by atoms with Gasteiger partial charge in [-0.2, -0.15) is 0 Å². The van der Waals surface area contributed by atoms with Crippen LogP contribution in [-0.4, -0.2) is 0 Å². The molecule has 0 spiro atoms. The van der Waals surface area contributed by atoms with Gasteiger partial charge in [0.05, 0.1) is 11.4 Å². The highest BCUT2D eigenvalue weighted by molar-refractivity contribution is 5.99. The molecule has 57 heavy (non-hydrogen) atoms. The first-order valence-electron chi connectivity index (χ1n) is 21.9. The van der Waals surface area contributed by atoms with Gasteiger partial charge in [-0.15, -0.1) is 0 Å². The molecular formula is C56H53N. The fourth-order valence-corrected chi connectivity index (χ4v) is 11.9. The molecular weight excluding hydrogens is 687 g/mol. The normalized spacial score (nSPS) is 20.8. The predicted molar refractivity (Wildman–Crippen MR) is 241 cm³/mol. The van der Waals surface area contributed by atoms with E-state index < -0.39 is 0 Å². The van der Waals surface area contributed by atoms with Crippen LogP contribution >= 0.6 is 0 Å². The Kier molecular flexibility index (Phi) is 8.50. The highest BCUT2D eigenvalue weighted by atomic mass is 15.1. The van der Waals surface area contributed by atoms with Crippen molar-refractivity contribution in [3.05, 3.63) is 174 Å². The lowest BCUT2D eigenvalue weighted by Gasteiger charge is -2.35. The van der Waals surface area contributed by atoms with Crippen molar-refractivity contribution in [3.63, 3.8) is 0 Å². The number of fused-ring (bicyclic) bond motifs is 6. The lowest BCUT2D eigenvalue weighted by atomic mass is 9.78. The van der Waals surface area contributed by atoms with Gasteiger partial charge in [0.25, 0.3) is 0 Å². The van der Waals surface area contributed by atoms with Gasteiger partial charge in [-0.3, -0.25) is 0 Å². The van der Waals surface area contributed by atoms with Gasteiger partial charge in [0, 0.05) is 16.7 Å². The lowest BCUT2D eigenvalue weighted by molar-refractivity contribution is 0.420. The molecule has 0 radical (unpaired) electrons. The Balaban J connectivity index is 1.17. The summed E-state index contributed by atoms with van der Waals surface area (Å²) in [5.41, 5.74) is 17.4. The summed E-state index contributed by atoms with van der Waals surface area (Å²) in [7, 11) is 0. The zero-order chi connectivity index (χ0) is 38.1. The second-order valence-electron chi connectivity index (χ2n) is 18.3. The number of benzene rings is 7. The minimum absolute atomic E-state index is 0.200. The average Bonchev–Trinajstić information content (AvgIpc) is 3.97. The zero-order valence-electron chi connectivity index (χ0n) is 33.6. The van der Waals surface area contributed by atoms with Crippen LogP contribution in [0, 0.1) is 11.8 Å². The Morgan fingerprint density at radius 3 is 1.86 bits per heavy atom. The van der Waals surface area contributed by atoms with Gasteiger partial charge in [0.15, 0.2) is 0 Å². The molecule has 1 nitrogen and oxygen atoms in total. The Hall–Kier alpha value is -5.40. The van der Waals surface area contributed by atoms with Gasteiger partial charge in [0.1, 0.15) is 0 Å². The number of hydrogen-bond donors (Lipinski definition) is 0. The Bertz CT molecular complexity index is 2590. The van der Waals surface area contributed by atoms with E-state index in [1.165, 1.54) is 136 Å². The predicted octanol–water partition coefficient (Wildman–Crippen LogP) is 15.9. The third-order valence-corrected chi connectivity index (χ3v) is 14.7. The van der Waals surface area contributed by atoms with Crippen molar-refractivity contribution in [2.24, 2.45) is 11.8 Å². The van der Waals surface area contributed by atoms with Crippen LogP contribution in [-0.2, 0) is 5.41 Å². The minimum atomic E-state index is -0.200. The molecule has 4 aliphatic carbocycles. The summed E-state index contributed by atoms with van der Waals surface area (Å²) in [5, 5.41) is 2.65. The van der Waals surface area contributed by atoms with Gasteiger partial charge >= 0.3 is 0 Å². The van der Waals surface area contributed by atoms with Crippen molar-refractivity contribution in [2.75, 3.05) is 4.90 Å². The lowest BCUT2D eigenvalue weighted by Crippen LogP contribution is -2.19. The summed E-state index contributed by atoms with van der Waals surface area (Å²) < 4.78 is 0. The summed E-state index contributed by atoms with van der Waals surface area (Å²) in [6.45, 7) is 4.90. The van der Waals surface area contributed by atoms with Gasteiger partial charge in [-0.25, -0.2) is 0 Å². The zero-order valence-corrected chi connectivity index (χ0v) is 33.6. The molecule has 0 heterocycles. The third kappa shape index (κ3) is 5.88. The fraction of sp³-hybridized carbons (Fsp3) is 0.286. The summed E-state index contributed by atoms with van der Waals surface area (Å²) >= 11 is 0. The topological polar surface area (TPSA) is 3.24 Å². The molecule has 1 heteroatoms. The van der Waals surface area contributed by atoms with Crippen molar-refractivity contribution in [2.45, 2.75) is 88.9 Å². The summed E-state index contributed by atoms with van der Waals surface area (Å²) in [5.74, 6) is 3.04. The summed E-state index contributed by atoms with van der Waals surface area (Å²) in [4.78, 5) is 2.68. The second kappa shape index (κ2) is 13.9. The van der Waals surface area contributed by atoms with E-state index in [1.54, 1.807) is 5.56 Å². The summed E-state index contributed by atoms with van der Waals surface area (Å²) in [6, 6.07) is 58.3. The maximum Gasteiger partial charge on any atom is 0.0543 e. The molecule has 7 aromatic carbocycles. The molecule has 0 amide bonds. The van der Waals surface area contributed by atoms with E-state index in [9.17, 15) is 0 Å². The first-order valence-corrected chi connectivity index (χ1v) is 21.9. The molecule has 0 aliphatic heterocycles. The SMILES string of the molecule is CC1(C)c2cc(N(c3ccc(C4CC5CCC4C5)cc3)c3cc4ccccc4cc3C3CCCCC3)c(-c3ccccc3)cc2-c2cccc(-c3ccccc3)c21. The highest BCUT2D eigenvalue weighted by Crippen LogP contribution is 2.57. The van der Waals surface area contributed by atoms with Crippen LogP contribution in [0.15, 0.2) is 152 Å². The first kappa shape index (κ1) is 34.8. The molecule has 282 valence electrons. The Labute approximate surface area is 339 Å². The van der Waals surface area contributed by atoms with Gasteiger partial charge in [0.2, 0.25) is 0 Å². The number of rotatable bonds is 7. The molecule has 4 aliphatic rings. The van der Waals surface area contributed by atoms with E-state index in [-0.39, 0.29) is 5.41 Å². The minimum Gasteiger partial charge on any atom is -0.310 e. The van der Waals surface area contributed by atoms with Crippen molar-refractivity contribution in [1.29, 1.82) is 0 Å². The van der Waals surface area contributed by atoms with Gasteiger partial charge in [-0.05, 0) is 153 Å². The number of nitrogens with zero attached hydrogens (tertiary/aromatic N) is 1. The Morgan fingerprint density at radius 2 is 1.18 bits per heavy atom. The van der Waals surface area contributed by atoms with Crippen LogP contribution in [0.5, 0.6) is 0 Å². The molecule has 7 aromatic rings. The van der Waals surface area contributed by atoms with Crippen molar-refractivity contribution in [1.82, 2.24) is 0 Å². The second-order valence-corrected chi connectivity index (χ2v) is 18.3. The van der Waals surface area contributed by atoms with Crippen molar-refractivity contribution in [3.8, 4) is 33.4 Å². The first-order chi connectivity index (χ1) is 28.0. The molecule has 11 rings (SSSR count). The monoisotopic (exact) mass is 739 g/mol. The van der Waals surface area contributed by atoms with Crippen LogP contribution in [0.1, 0.15) is 106 Å². The van der Waals surface area contributed by atoms with Crippen LogP contribution in [0.2, 0.25) is 0 Å². The maximum absolute atomic E-state index is 2.68. The van der Waals surface area contributed by atoms with Crippen LogP contribution in [0.4, 0.5) is 17.1 Å². The molecule has 2 bridgehead atoms. The van der Waals surface area contributed by atoms with E-state index in [2.05, 4.69) is 170 Å². The molecule has 3 fully saturated rings. The highest BCUT2D eigenvalue weighted by Gasteiger charge is 2.41. The molecule has 3 unspecified atom stereocenters. The van der Waals surface area contributed by atoms with Crippen LogP contribution in [0.25, 0.3) is 44.2 Å². The fourth-order valence-electron chi connectivity index (χ4n) is 11.9. The van der Waals surface area contributed by atoms with E-state index in [0.29, 0.717) is 11.8 Å². The van der Waals surface area contributed by atoms with Gasteiger partial charge in [-0.1, -0.05) is 155 Å². The average molecular weight is 740 g/mol. The third-order valence-electron chi connectivity index (χ3n) is 14.7. The standard InChI is InChI=1S/C56H53N/c1-56(2)52-36-54(50(40-19-10-5-11-20-40)35-51(52)47-24-14-23-46(55(47)56)38-15-6-3-7-16-38)57(45-29-27-41(28-30-45)48-32-37-25-26-44(48)31-37)53-34-43-22-13-12-21-42(43)33-49(53)39-17-8-4-9-18-39/h3,5-7,10-16,19-24,27-30,33-37,39,44,48H,4,8-9,17-18,25-26,31-32H2,1-2H3. The van der Waals surface area contributed by atoms with E-state index in [0.717, 1.165) is 11.8 Å². The molecule has 3 saturated carbocycles. The smallest absolute Gasteiger partial charge is 0.0543 e. The molecule has 0 aromatic heterocycles. The van der Waals surface area contributed by atoms with Gasteiger partial charge < -0.3 is 4.90 Å². The number of hydrogen-bond acceptors (Lipinski definition) is 1. The van der Waals surface area contributed by atoms with Crippen molar-refractivity contribution >= 4 is 27.8 Å². The quantitative estimate of drug-likeness (QED) is 0.157. The molecule has 0 saturated heterocycles. The van der Waals surface area contributed by atoms with E-state index in [1.807, 2.05) is 0 Å². The molecule has 0 N–H and O–H groups in total.